The van der Waals surface area contributed by atoms with Crippen molar-refractivity contribution in [2.75, 3.05) is 6.61 Å². The van der Waals surface area contributed by atoms with Crippen LogP contribution in [0.25, 0.3) is 0 Å². The van der Waals surface area contributed by atoms with Gasteiger partial charge in [0.2, 0.25) is 0 Å². The number of esters is 3. The molecule has 368 valence electrons. The van der Waals surface area contributed by atoms with Gasteiger partial charge in [0.05, 0.1) is 0 Å². The van der Waals surface area contributed by atoms with Gasteiger partial charge in [-0.05, 0) is 59.3 Å². The molecule has 0 saturated heterocycles. The number of carbonyl (C=O) groups is 3. The van der Waals surface area contributed by atoms with E-state index in [-0.39, 0.29) is 36.0 Å². The Balaban J connectivity index is 6.87. The zero-order chi connectivity index (χ0) is 47.4. The van der Waals surface area contributed by atoms with Gasteiger partial charge >= 0.3 is 29.7 Å². The summed E-state index contributed by atoms with van der Waals surface area (Å²) < 4.78 is 35.7. The summed E-state index contributed by atoms with van der Waals surface area (Å²) in [5.74, 6) is -9.75. The molecule has 0 aliphatic carbocycles. The molecule has 12 nitrogen and oxygen atoms in total. The Bertz CT molecular complexity index is 1220. The molecule has 0 spiro atoms. The normalized spacial score (nSPS) is 14.0. The Kier molecular flexibility index (Phi) is 36.0. The first kappa shape index (κ1) is 60.4. The highest BCUT2D eigenvalue weighted by molar-refractivity contribution is 5.89. The van der Waals surface area contributed by atoms with Gasteiger partial charge in [-0.15, -0.1) is 0 Å². The Morgan fingerprint density at radius 1 is 0.413 bits per heavy atom. The lowest BCUT2D eigenvalue weighted by Crippen LogP contribution is -2.68. The first-order chi connectivity index (χ1) is 30.1. The Hall–Kier alpha value is -2.61. The fraction of sp³-hybridized carbons (Fsp3) is 0.824. The van der Waals surface area contributed by atoms with Crippen LogP contribution in [0.1, 0.15) is 234 Å². The number of ether oxygens (including phenoxy) is 6. The summed E-state index contributed by atoms with van der Waals surface area (Å²) in [6.45, 7) is 20.6. The average Bonchev–Trinajstić information content (AvgIpc) is 3.23. The molecule has 0 aromatic carbocycles. The molecule has 4 unspecified atom stereocenters. The van der Waals surface area contributed by atoms with Crippen molar-refractivity contribution >= 4 is 17.9 Å². The predicted molar refractivity (Wildman–Crippen MR) is 250 cm³/mol. The van der Waals surface area contributed by atoms with Gasteiger partial charge in [-0.1, -0.05) is 195 Å². The number of aliphatic hydroxyl groups is 3. The van der Waals surface area contributed by atoms with Gasteiger partial charge in [-0.2, -0.15) is 0 Å². The van der Waals surface area contributed by atoms with E-state index >= 15 is 0 Å². The second kappa shape index (κ2) is 37.6. The second-order valence-electron chi connectivity index (χ2n) is 17.6. The maximum absolute atomic E-state index is 13.7. The molecular weight excluding hydrogens is 805 g/mol. The van der Waals surface area contributed by atoms with E-state index in [1.807, 2.05) is 0 Å². The van der Waals surface area contributed by atoms with Crippen molar-refractivity contribution in [1.82, 2.24) is 0 Å². The second-order valence-corrected chi connectivity index (χ2v) is 17.6. The van der Waals surface area contributed by atoms with Crippen LogP contribution in [-0.2, 0) is 42.8 Å². The third kappa shape index (κ3) is 28.8. The van der Waals surface area contributed by atoms with Gasteiger partial charge in [0, 0.05) is 16.7 Å². The molecular formula is C51H92O12. The standard InChI is InChI=1S/C51H92O12/c1-10-13-16-19-22-25-28-31-34-37-44(52)58-40-50(61-47(55)41(4)5,59-45(53)38-35-32-29-26-23-20-17-14-11-2)51(62-48(56)42(6)7,63-49(57)43(8)9)60-46(54)39-36-33-30-27-24-21-18-15-12-3/h44-46,52-54H,4,6,8,10-40H2,1-3,5,7,9H3. The maximum Gasteiger partial charge on any atom is 0.451 e. The monoisotopic (exact) mass is 897 g/mol. The van der Waals surface area contributed by atoms with Crippen LogP contribution in [0.3, 0.4) is 0 Å². The summed E-state index contributed by atoms with van der Waals surface area (Å²) in [6, 6.07) is 0. The van der Waals surface area contributed by atoms with Crippen LogP contribution in [-0.4, -0.2) is 70.5 Å². The van der Waals surface area contributed by atoms with Crippen LogP contribution in [0.2, 0.25) is 0 Å². The fourth-order valence-corrected chi connectivity index (χ4v) is 6.97. The van der Waals surface area contributed by atoms with Crippen molar-refractivity contribution in [3.05, 3.63) is 36.5 Å². The van der Waals surface area contributed by atoms with Crippen molar-refractivity contribution in [3.8, 4) is 0 Å². The number of carbonyl (C=O) groups excluding carboxylic acids is 3. The van der Waals surface area contributed by atoms with E-state index in [0.717, 1.165) is 83.5 Å². The summed E-state index contributed by atoms with van der Waals surface area (Å²) in [5, 5.41) is 34.3. The zero-order valence-corrected chi connectivity index (χ0v) is 40.8. The molecule has 0 bridgehead atoms. The maximum atomic E-state index is 13.7. The first-order valence-corrected chi connectivity index (χ1v) is 24.8. The van der Waals surface area contributed by atoms with E-state index < -0.39 is 55.1 Å². The highest BCUT2D eigenvalue weighted by Gasteiger charge is 2.68. The zero-order valence-electron chi connectivity index (χ0n) is 40.8. The summed E-state index contributed by atoms with van der Waals surface area (Å²) in [4.78, 5) is 40.9. The van der Waals surface area contributed by atoms with Crippen molar-refractivity contribution in [2.45, 2.75) is 265 Å². The molecule has 0 aromatic rings. The van der Waals surface area contributed by atoms with Gasteiger partial charge in [-0.3, -0.25) is 4.74 Å². The molecule has 0 rings (SSSR count). The van der Waals surface area contributed by atoms with E-state index in [1.165, 1.54) is 91.4 Å². The third-order valence-electron chi connectivity index (χ3n) is 11.0. The van der Waals surface area contributed by atoms with Crippen LogP contribution in [0.4, 0.5) is 0 Å². The molecule has 0 aliphatic rings. The van der Waals surface area contributed by atoms with Gasteiger partial charge < -0.3 is 39.0 Å². The number of hydrogen-bond donors (Lipinski definition) is 3. The first-order valence-electron chi connectivity index (χ1n) is 24.8. The molecule has 0 radical (unpaired) electrons. The van der Waals surface area contributed by atoms with Crippen LogP contribution in [0.15, 0.2) is 36.5 Å². The molecule has 4 atom stereocenters. The molecule has 0 amide bonds. The molecule has 0 heterocycles. The molecule has 0 aromatic heterocycles. The number of rotatable bonds is 44. The number of hydrogen-bond acceptors (Lipinski definition) is 12. The molecule has 3 N–H and O–H groups in total. The Morgan fingerprint density at radius 3 is 1.00 bits per heavy atom. The molecule has 12 heteroatoms. The van der Waals surface area contributed by atoms with E-state index in [9.17, 15) is 29.7 Å². The minimum Gasteiger partial charge on any atom is -0.416 e. The molecule has 0 fully saturated rings. The SMILES string of the molecule is C=C(C)C(=O)OC(COC(O)CCCCCCCCCCC)(OC(O)CCCCCCCCCCC)C(OC(=O)C(=C)C)(OC(=O)C(=C)C)OC(O)CCCCCCCCCCC. The van der Waals surface area contributed by atoms with Crippen molar-refractivity contribution in [3.63, 3.8) is 0 Å². The van der Waals surface area contributed by atoms with Crippen molar-refractivity contribution in [1.29, 1.82) is 0 Å². The quantitative estimate of drug-likeness (QED) is 0.0229. The van der Waals surface area contributed by atoms with Gasteiger partial charge in [0.15, 0.2) is 18.9 Å². The topological polar surface area (TPSA) is 167 Å². The molecule has 63 heavy (non-hydrogen) atoms. The lowest BCUT2D eigenvalue weighted by molar-refractivity contribution is -0.501. The average molecular weight is 897 g/mol. The molecule has 0 saturated carbocycles. The van der Waals surface area contributed by atoms with Crippen LogP contribution >= 0.6 is 0 Å². The molecule has 0 aliphatic heterocycles. The van der Waals surface area contributed by atoms with Crippen LogP contribution in [0.5, 0.6) is 0 Å². The van der Waals surface area contributed by atoms with Crippen LogP contribution < -0.4 is 0 Å². The van der Waals surface area contributed by atoms with Gasteiger partial charge in [0.25, 0.3) is 0 Å². The lowest BCUT2D eigenvalue weighted by atomic mass is 10.1. The van der Waals surface area contributed by atoms with Gasteiger partial charge in [-0.25, -0.2) is 14.4 Å². The number of unbranched alkanes of at least 4 members (excludes halogenated alkanes) is 24. The Labute approximate surface area is 382 Å². The summed E-state index contributed by atoms with van der Waals surface area (Å²) in [6.07, 6.45) is 22.8. The van der Waals surface area contributed by atoms with Crippen molar-refractivity contribution < 1.29 is 58.1 Å². The van der Waals surface area contributed by atoms with E-state index in [2.05, 4.69) is 40.5 Å². The highest BCUT2D eigenvalue weighted by atomic mass is 17.0. The van der Waals surface area contributed by atoms with E-state index in [0.29, 0.717) is 19.3 Å². The lowest BCUT2D eigenvalue weighted by Gasteiger charge is -2.46. The Morgan fingerprint density at radius 2 is 0.683 bits per heavy atom. The van der Waals surface area contributed by atoms with Crippen molar-refractivity contribution in [2.24, 2.45) is 0 Å². The third-order valence-corrected chi connectivity index (χ3v) is 11.0. The largest absolute Gasteiger partial charge is 0.451 e. The summed E-state index contributed by atoms with van der Waals surface area (Å²) >= 11 is 0. The number of aliphatic hydroxyl groups excluding tert-OH is 3. The minimum absolute atomic E-state index is 0.0135. The fourth-order valence-electron chi connectivity index (χ4n) is 6.97. The summed E-state index contributed by atoms with van der Waals surface area (Å²) in [5.41, 5.74) is -0.498. The minimum atomic E-state index is -3.28. The van der Waals surface area contributed by atoms with E-state index in [1.54, 1.807) is 0 Å². The van der Waals surface area contributed by atoms with Crippen LogP contribution in [0, 0.1) is 0 Å². The smallest absolute Gasteiger partial charge is 0.416 e. The van der Waals surface area contributed by atoms with Gasteiger partial charge in [0.1, 0.15) is 6.61 Å². The highest BCUT2D eigenvalue weighted by Crippen LogP contribution is 2.40. The van der Waals surface area contributed by atoms with E-state index in [4.69, 9.17) is 28.4 Å². The predicted octanol–water partition coefficient (Wildman–Crippen LogP) is 12.5. The summed E-state index contributed by atoms with van der Waals surface area (Å²) in [7, 11) is 0.